The van der Waals surface area contributed by atoms with Crippen LogP contribution in [0.3, 0.4) is 0 Å². The Balaban J connectivity index is 2.23. The number of fused-ring (bicyclic) bond motifs is 1. The largest absolute Gasteiger partial charge is 0.331 e. The molecule has 2 aromatic heterocycles. The summed E-state index contributed by atoms with van der Waals surface area (Å²) in [6.45, 7) is 4.06. The third-order valence-electron chi connectivity index (χ3n) is 3.14. The van der Waals surface area contributed by atoms with Gasteiger partial charge in [0.05, 0.1) is 27.1 Å². The zero-order chi connectivity index (χ0) is 14.4. The molecular weight excluding hydrogens is 333 g/mol. The van der Waals surface area contributed by atoms with Crippen LogP contribution in [0.25, 0.3) is 11.0 Å². The lowest BCUT2D eigenvalue weighted by atomic mass is 10.3. The number of aromatic nitrogens is 3. The van der Waals surface area contributed by atoms with E-state index in [0.29, 0.717) is 14.8 Å². The maximum atomic E-state index is 6.12. The summed E-state index contributed by atoms with van der Waals surface area (Å²) in [4.78, 5) is 7.70. The van der Waals surface area contributed by atoms with E-state index in [2.05, 4.69) is 16.9 Å². The van der Waals surface area contributed by atoms with E-state index in [0.717, 1.165) is 21.7 Å². The fraction of sp³-hybridized carbons (Fsp3) is 0.231. The molecule has 104 valence electrons. The maximum absolute atomic E-state index is 6.12. The van der Waals surface area contributed by atoms with Crippen molar-refractivity contribution in [2.45, 2.75) is 19.9 Å². The molecule has 1 unspecified atom stereocenters. The lowest BCUT2D eigenvalue weighted by Crippen LogP contribution is -2.06. The van der Waals surface area contributed by atoms with Gasteiger partial charge >= 0.3 is 0 Å². The average molecular weight is 344 g/mol. The summed E-state index contributed by atoms with van der Waals surface area (Å²) in [7, 11) is 0. The van der Waals surface area contributed by atoms with E-state index in [-0.39, 0.29) is 6.04 Å². The van der Waals surface area contributed by atoms with Crippen molar-refractivity contribution in [1.29, 1.82) is 0 Å². The molecule has 0 bridgehead atoms. The summed E-state index contributed by atoms with van der Waals surface area (Å²) < 4.78 is 2.66. The van der Waals surface area contributed by atoms with E-state index in [4.69, 9.17) is 35.4 Å². The van der Waals surface area contributed by atoms with Gasteiger partial charge in [-0.2, -0.15) is 0 Å². The first-order valence-electron chi connectivity index (χ1n) is 5.98. The number of aryl methyl sites for hydroxylation is 1. The number of H-pyrrole nitrogens is 1. The van der Waals surface area contributed by atoms with E-state index in [1.54, 1.807) is 17.4 Å². The molecule has 1 atom stereocenters. The number of thiazole rings is 1. The quantitative estimate of drug-likeness (QED) is 0.633. The SMILES string of the molecule is Cc1csc(C(C)n2c(=S)[nH]c3cc(Cl)c(Cl)cc32)n1. The minimum atomic E-state index is 0.0483. The Bertz CT molecular complexity index is 847. The van der Waals surface area contributed by atoms with Crippen LogP contribution < -0.4 is 0 Å². The van der Waals surface area contributed by atoms with Crippen LogP contribution >= 0.6 is 46.8 Å². The first-order chi connectivity index (χ1) is 9.47. The fourth-order valence-corrected chi connectivity index (χ4v) is 3.71. The second-order valence-corrected chi connectivity index (χ2v) is 6.68. The van der Waals surface area contributed by atoms with Gasteiger partial charge in [-0.25, -0.2) is 4.98 Å². The fourth-order valence-electron chi connectivity index (χ4n) is 2.18. The van der Waals surface area contributed by atoms with Gasteiger partial charge in [-0.05, 0) is 38.2 Å². The van der Waals surface area contributed by atoms with E-state index < -0.39 is 0 Å². The smallest absolute Gasteiger partial charge is 0.178 e. The molecule has 3 aromatic rings. The van der Waals surface area contributed by atoms with Gasteiger partial charge in [-0.3, -0.25) is 0 Å². The van der Waals surface area contributed by atoms with Gasteiger partial charge in [0, 0.05) is 11.1 Å². The average Bonchev–Trinajstić information content (AvgIpc) is 2.93. The lowest BCUT2D eigenvalue weighted by Gasteiger charge is -2.12. The number of hydrogen-bond acceptors (Lipinski definition) is 3. The van der Waals surface area contributed by atoms with Crippen LogP contribution in [0.15, 0.2) is 17.5 Å². The predicted molar refractivity (Wildman–Crippen MR) is 87.8 cm³/mol. The van der Waals surface area contributed by atoms with Crippen LogP contribution in [-0.2, 0) is 0 Å². The Hall–Kier alpha value is -0.880. The van der Waals surface area contributed by atoms with E-state index >= 15 is 0 Å². The molecule has 7 heteroatoms. The molecule has 0 radical (unpaired) electrons. The van der Waals surface area contributed by atoms with Gasteiger partial charge in [-0.15, -0.1) is 11.3 Å². The summed E-state index contributed by atoms with van der Waals surface area (Å²) in [5.41, 5.74) is 2.83. The molecule has 1 N–H and O–H groups in total. The molecule has 1 aromatic carbocycles. The first-order valence-corrected chi connectivity index (χ1v) is 8.03. The van der Waals surface area contributed by atoms with Crippen molar-refractivity contribution in [3.63, 3.8) is 0 Å². The number of imidazole rings is 1. The lowest BCUT2D eigenvalue weighted by molar-refractivity contribution is 0.643. The topological polar surface area (TPSA) is 33.6 Å². The highest BCUT2D eigenvalue weighted by Gasteiger charge is 2.17. The van der Waals surface area contributed by atoms with Gasteiger partial charge in [0.1, 0.15) is 5.01 Å². The van der Waals surface area contributed by atoms with Crippen molar-refractivity contribution in [2.24, 2.45) is 0 Å². The third-order valence-corrected chi connectivity index (χ3v) is 5.29. The number of nitrogens with one attached hydrogen (secondary N) is 1. The molecule has 0 spiro atoms. The van der Waals surface area contributed by atoms with E-state index in [9.17, 15) is 0 Å². The van der Waals surface area contributed by atoms with Crippen molar-refractivity contribution in [3.8, 4) is 0 Å². The highest BCUT2D eigenvalue weighted by Crippen LogP contribution is 2.31. The van der Waals surface area contributed by atoms with Gasteiger partial charge < -0.3 is 9.55 Å². The molecule has 0 saturated carbocycles. The standard InChI is InChI=1S/C13H11Cl2N3S2/c1-6-5-20-12(16-6)7(2)18-11-4-9(15)8(14)3-10(11)17-13(18)19/h3-5,7H,1-2H3,(H,17,19). The Kier molecular flexibility index (Phi) is 3.62. The van der Waals surface area contributed by atoms with Crippen LogP contribution in [0.5, 0.6) is 0 Å². The Morgan fingerprint density at radius 2 is 2.05 bits per heavy atom. The molecule has 0 aliphatic rings. The van der Waals surface area contributed by atoms with Gasteiger partial charge in [-0.1, -0.05) is 23.2 Å². The summed E-state index contributed by atoms with van der Waals surface area (Å²) in [5, 5.41) is 4.09. The molecule has 0 fully saturated rings. The van der Waals surface area contributed by atoms with Crippen LogP contribution in [0, 0.1) is 11.7 Å². The zero-order valence-corrected chi connectivity index (χ0v) is 13.9. The molecule has 0 amide bonds. The molecule has 3 rings (SSSR count). The predicted octanol–water partition coefficient (Wildman–Crippen LogP) is 5.38. The molecule has 3 nitrogen and oxygen atoms in total. The Labute approximate surface area is 135 Å². The molecule has 0 aliphatic carbocycles. The van der Waals surface area contributed by atoms with E-state index in [1.807, 2.05) is 22.9 Å². The minimum absolute atomic E-state index is 0.0483. The van der Waals surface area contributed by atoms with Crippen molar-refractivity contribution < 1.29 is 0 Å². The van der Waals surface area contributed by atoms with E-state index in [1.165, 1.54) is 0 Å². The summed E-state index contributed by atoms with van der Waals surface area (Å²) in [5.74, 6) is 0. The molecule has 2 heterocycles. The van der Waals surface area contributed by atoms with Crippen LogP contribution in [0.4, 0.5) is 0 Å². The summed E-state index contributed by atoms with van der Waals surface area (Å²) in [6.07, 6.45) is 0. The molecule has 20 heavy (non-hydrogen) atoms. The first kappa shape index (κ1) is 14.1. The number of benzene rings is 1. The number of halogens is 2. The zero-order valence-electron chi connectivity index (χ0n) is 10.8. The van der Waals surface area contributed by atoms with Gasteiger partial charge in [0.2, 0.25) is 0 Å². The van der Waals surface area contributed by atoms with Gasteiger partial charge in [0.15, 0.2) is 4.77 Å². The number of nitrogens with zero attached hydrogens (tertiary/aromatic N) is 2. The van der Waals surface area contributed by atoms with Crippen LogP contribution in [0.1, 0.15) is 23.7 Å². The normalized spacial score (nSPS) is 13.0. The third kappa shape index (κ3) is 2.29. The van der Waals surface area contributed by atoms with Crippen molar-refractivity contribution in [2.75, 3.05) is 0 Å². The molecule has 0 aliphatic heterocycles. The monoisotopic (exact) mass is 343 g/mol. The van der Waals surface area contributed by atoms with Crippen molar-refractivity contribution >= 4 is 57.8 Å². The summed E-state index contributed by atoms with van der Waals surface area (Å²) >= 11 is 19.2. The molecular formula is C13H11Cl2N3S2. The van der Waals surface area contributed by atoms with Crippen molar-refractivity contribution in [1.82, 2.24) is 14.5 Å². The van der Waals surface area contributed by atoms with Crippen molar-refractivity contribution in [3.05, 3.63) is 43.0 Å². The Morgan fingerprint density at radius 1 is 1.35 bits per heavy atom. The number of rotatable bonds is 2. The highest BCUT2D eigenvalue weighted by atomic mass is 35.5. The Morgan fingerprint density at radius 3 is 2.70 bits per heavy atom. The van der Waals surface area contributed by atoms with Crippen LogP contribution in [0.2, 0.25) is 10.0 Å². The summed E-state index contributed by atoms with van der Waals surface area (Å²) in [6, 6.07) is 3.68. The van der Waals surface area contributed by atoms with Gasteiger partial charge in [0.25, 0.3) is 0 Å². The molecule has 0 saturated heterocycles. The minimum Gasteiger partial charge on any atom is -0.331 e. The highest BCUT2D eigenvalue weighted by molar-refractivity contribution is 7.71. The maximum Gasteiger partial charge on any atom is 0.178 e. The van der Waals surface area contributed by atoms with Crippen LogP contribution in [-0.4, -0.2) is 14.5 Å². The number of aromatic amines is 1. The number of hydrogen-bond donors (Lipinski definition) is 1. The second kappa shape index (κ2) is 5.15. The second-order valence-electron chi connectivity index (χ2n) is 4.59.